The summed E-state index contributed by atoms with van der Waals surface area (Å²) >= 11 is 0. The first kappa shape index (κ1) is 16.1. The Morgan fingerprint density at radius 3 is 2.62 bits per heavy atom. The number of halogens is 1. The van der Waals surface area contributed by atoms with Crippen LogP contribution in [0.2, 0.25) is 0 Å². The zero-order chi connectivity index (χ0) is 16.8. The van der Waals surface area contributed by atoms with Gasteiger partial charge in [-0.15, -0.1) is 5.10 Å². The van der Waals surface area contributed by atoms with Gasteiger partial charge in [-0.2, -0.15) is 5.10 Å². The first-order chi connectivity index (χ1) is 11.7. The van der Waals surface area contributed by atoms with Crippen molar-refractivity contribution in [3.8, 4) is 0 Å². The highest BCUT2D eigenvalue weighted by Crippen LogP contribution is 2.19. The molecular formula is C18H18FN3O2. The third kappa shape index (κ3) is 4.38. The number of aromatic nitrogens is 2. The Bertz CT molecular complexity index is 696. The number of esters is 1. The summed E-state index contributed by atoms with van der Waals surface area (Å²) < 4.78 is 18.3. The lowest BCUT2D eigenvalue weighted by Crippen LogP contribution is -2.38. The maximum atomic E-state index is 12.8. The van der Waals surface area contributed by atoms with Gasteiger partial charge in [-0.3, -0.25) is 0 Å². The molecule has 0 bridgehead atoms. The van der Waals surface area contributed by atoms with E-state index in [0.29, 0.717) is 0 Å². The highest BCUT2D eigenvalue weighted by Gasteiger charge is 2.22. The van der Waals surface area contributed by atoms with Gasteiger partial charge in [0.05, 0.1) is 0 Å². The number of carbonyl (C=O) groups is 1. The van der Waals surface area contributed by atoms with Crippen molar-refractivity contribution in [2.45, 2.75) is 18.9 Å². The fourth-order valence-electron chi connectivity index (χ4n) is 2.61. The van der Waals surface area contributed by atoms with Crippen LogP contribution in [0.5, 0.6) is 0 Å². The van der Waals surface area contributed by atoms with E-state index in [1.807, 2.05) is 12.1 Å². The molecule has 1 fully saturated rings. The number of hydrogen-bond donors (Lipinski definition) is 0. The molecule has 0 atom stereocenters. The van der Waals surface area contributed by atoms with Crippen LogP contribution in [0.3, 0.4) is 0 Å². The fourth-order valence-corrected chi connectivity index (χ4v) is 2.61. The van der Waals surface area contributed by atoms with E-state index in [-0.39, 0.29) is 17.9 Å². The van der Waals surface area contributed by atoms with Gasteiger partial charge in [0.25, 0.3) is 0 Å². The minimum Gasteiger partial charge on any atom is -0.459 e. The van der Waals surface area contributed by atoms with Crippen molar-refractivity contribution in [2.24, 2.45) is 0 Å². The predicted octanol–water partition coefficient (Wildman–Crippen LogP) is 2.84. The van der Waals surface area contributed by atoms with Crippen molar-refractivity contribution in [1.82, 2.24) is 10.2 Å². The van der Waals surface area contributed by atoms with E-state index in [1.54, 1.807) is 24.4 Å². The van der Waals surface area contributed by atoms with Crippen LogP contribution >= 0.6 is 0 Å². The van der Waals surface area contributed by atoms with Crippen LogP contribution in [0.4, 0.5) is 10.2 Å². The van der Waals surface area contributed by atoms with Gasteiger partial charge in [0.2, 0.25) is 0 Å². The summed E-state index contributed by atoms with van der Waals surface area (Å²) in [7, 11) is 0. The average molecular weight is 327 g/mol. The summed E-state index contributed by atoms with van der Waals surface area (Å²) in [6, 6.07) is 9.71. The van der Waals surface area contributed by atoms with Gasteiger partial charge in [0.15, 0.2) is 5.82 Å². The molecule has 1 saturated heterocycles. The lowest BCUT2D eigenvalue weighted by Gasteiger charge is -2.31. The van der Waals surface area contributed by atoms with Crippen molar-refractivity contribution in [2.75, 3.05) is 18.0 Å². The van der Waals surface area contributed by atoms with E-state index in [1.165, 1.54) is 18.2 Å². The minimum absolute atomic E-state index is 0.0942. The lowest BCUT2D eigenvalue weighted by molar-refractivity contribution is -0.143. The topological polar surface area (TPSA) is 55.3 Å². The molecule has 0 aliphatic carbocycles. The van der Waals surface area contributed by atoms with E-state index in [2.05, 4.69) is 15.1 Å². The zero-order valence-corrected chi connectivity index (χ0v) is 13.1. The summed E-state index contributed by atoms with van der Waals surface area (Å²) in [4.78, 5) is 14.0. The van der Waals surface area contributed by atoms with E-state index in [0.717, 1.165) is 37.3 Å². The van der Waals surface area contributed by atoms with Gasteiger partial charge < -0.3 is 9.64 Å². The Morgan fingerprint density at radius 1 is 1.21 bits per heavy atom. The molecular weight excluding hydrogens is 309 g/mol. The highest BCUT2D eigenvalue weighted by molar-refractivity contribution is 5.87. The summed E-state index contributed by atoms with van der Waals surface area (Å²) in [5.74, 6) is 0.167. The molecule has 6 heteroatoms. The number of hydrogen-bond acceptors (Lipinski definition) is 5. The summed E-state index contributed by atoms with van der Waals surface area (Å²) in [5.41, 5.74) is 0.755. The van der Waals surface area contributed by atoms with Gasteiger partial charge >= 0.3 is 5.97 Å². The molecule has 0 unspecified atom stereocenters. The van der Waals surface area contributed by atoms with Crippen molar-refractivity contribution < 1.29 is 13.9 Å². The van der Waals surface area contributed by atoms with Crippen LogP contribution in [0.1, 0.15) is 18.4 Å². The standard InChI is InChI=1S/C18H18FN3O2/c19-15-6-3-14(4-7-15)5-8-18(23)24-16-9-12-22(13-10-16)17-2-1-11-20-21-17/h1-8,11,16H,9-10,12-13H2/b8-5+. The quantitative estimate of drug-likeness (QED) is 0.638. The van der Waals surface area contributed by atoms with E-state index >= 15 is 0 Å². The van der Waals surface area contributed by atoms with Crippen molar-refractivity contribution in [3.63, 3.8) is 0 Å². The molecule has 24 heavy (non-hydrogen) atoms. The molecule has 0 amide bonds. The molecule has 0 radical (unpaired) electrons. The molecule has 2 heterocycles. The molecule has 5 nitrogen and oxygen atoms in total. The Kier molecular flexibility index (Phi) is 5.15. The normalized spacial score (nSPS) is 15.6. The van der Waals surface area contributed by atoms with Gasteiger partial charge in [-0.25, -0.2) is 9.18 Å². The van der Waals surface area contributed by atoms with E-state index < -0.39 is 0 Å². The maximum absolute atomic E-state index is 12.8. The molecule has 0 saturated carbocycles. The zero-order valence-electron chi connectivity index (χ0n) is 13.1. The first-order valence-electron chi connectivity index (χ1n) is 7.87. The van der Waals surface area contributed by atoms with Crippen molar-refractivity contribution in [3.05, 3.63) is 60.1 Å². The number of rotatable bonds is 4. The summed E-state index contributed by atoms with van der Waals surface area (Å²) in [5, 5.41) is 7.96. The largest absolute Gasteiger partial charge is 0.459 e. The van der Waals surface area contributed by atoms with E-state index in [9.17, 15) is 9.18 Å². The second-order valence-electron chi connectivity index (χ2n) is 5.59. The molecule has 1 aliphatic rings. The first-order valence-corrected chi connectivity index (χ1v) is 7.87. The molecule has 1 aromatic carbocycles. The summed E-state index contributed by atoms with van der Waals surface area (Å²) in [6.07, 6.45) is 6.06. The van der Waals surface area contributed by atoms with Crippen LogP contribution in [0.15, 0.2) is 48.7 Å². The van der Waals surface area contributed by atoms with Crippen LogP contribution < -0.4 is 4.90 Å². The number of benzene rings is 1. The Labute approximate surface area is 139 Å². The predicted molar refractivity (Wildman–Crippen MR) is 88.8 cm³/mol. The second-order valence-corrected chi connectivity index (χ2v) is 5.59. The molecule has 1 aliphatic heterocycles. The number of carbonyl (C=O) groups excluding carboxylic acids is 1. The van der Waals surface area contributed by atoms with Crippen molar-refractivity contribution in [1.29, 1.82) is 0 Å². The van der Waals surface area contributed by atoms with E-state index in [4.69, 9.17) is 4.74 Å². The average Bonchev–Trinajstić information content (AvgIpc) is 2.63. The van der Waals surface area contributed by atoms with Crippen LogP contribution in [-0.4, -0.2) is 35.4 Å². The number of anilines is 1. The molecule has 3 rings (SSSR count). The molecule has 1 aromatic heterocycles. The lowest BCUT2D eigenvalue weighted by atomic mass is 10.1. The van der Waals surface area contributed by atoms with Gasteiger partial charge in [0, 0.05) is 38.2 Å². The molecule has 124 valence electrons. The van der Waals surface area contributed by atoms with Crippen LogP contribution in [0, 0.1) is 5.82 Å². The smallest absolute Gasteiger partial charge is 0.331 e. The SMILES string of the molecule is O=C(/C=C/c1ccc(F)cc1)OC1CCN(c2cccnn2)CC1. The van der Waals surface area contributed by atoms with Crippen LogP contribution in [-0.2, 0) is 9.53 Å². The number of piperidine rings is 1. The molecule has 2 aromatic rings. The second kappa shape index (κ2) is 7.68. The van der Waals surface area contributed by atoms with Crippen LogP contribution in [0.25, 0.3) is 6.08 Å². The minimum atomic E-state index is -0.378. The Balaban J connectivity index is 1.47. The summed E-state index contributed by atoms with van der Waals surface area (Å²) in [6.45, 7) is 1.55. The number of nitrogens with zero attached hydrogens (tertiary/aromatic N) is 3. The van der Waals surface area contributed by atoms with Gasteiger partial charge in [0.1, 0.15) is 11.9 Å². The van der Waals surface area contributed by atoms with Gasteiger partial charge in [-0.05, 0) is 35.9 Å². The third-order valence-corrected chi connectivity index (χ3v) is 3.89. The Hall–Kier alpha value is -2.76. The highest BCUT2D eigenvalue weighted by atomic mass is 19.1. The Morgan fingerprint density at radius 2 is 1.96 bits per heavy atom. The monoisotopic (exact) mass is 327 g/mol. The molecule has 0 spiro atoms. The van der Waals surface area contributed by atoms with Crippen molar-refractivity contribution >= 4 is 17.9 Å². The maximum Gasteiger partial charge on any atom is 0.331 e. The fraction of sp³-hybridized carbons (Fsp3) is 0.278. The molecule has 0 N–H and O–H groups in total. The van der Waals surface area contributed by atoms with Gasteiger partial charge in [-0.1, -0.05) is 12.1 Å². The number of ether oxygens (including phenoxy) is 1. The third-order valence-electron chi connectivity index (χ3n) is 3.89.